The molecule has 1 unspecified atom stereocenters. The molecule has 0 bridgehead atoms. The predicted octanol–water partition coefficient (Wildman–Crippen LogP) is 3.52. The van der Waals surface area contributed by atoms with Crippen molar-refractivity contribution in [3.63, 3.8) is 0 Å². The Morgan fingerprint density at radius 2 is 1.96 bits per heavy atom. The van der Waals surface area contributed by atoms with Gasteiger partial charge in [-0.2, -0.15) is 0 Å². The van der Waals surface area contributed by atoms with Gasteiger partial charge in [0.25, 0.3) is 0 Å². The van der Waals surface area contributed by atoms with Crippen LogP contribution in [0.3, 0.4) is 0 Å². The Hall–Kier alpha value is -1.95. The van der Waals surface area contributed by atoms with E-state index in [0.29, 0.717) is 19.8 Å². The molecule has 1 amide bonds. The zero-order valence-corrected chi connectivity index (χ0v) is 15.7. The predicted molar refractivity (Wildman–Crippen MR) is 98.3 cm³/mol. The van der Waals surface area contributed by atoms with Crippen LogP contribution in [0.1, 0.15) is 33.6 Å². The van der Waals surface area contributed by atoms with E-state index in [1.54, 1.807) is 12.0 Å². The maximum atomic E-state index is 12.2. The molecular weight excluding hydrogens is 320 g/mol. The SMILES string of the molecule is COCCOc1ccc(NC2CCCN(C(=O)OC(C)(C)C)C2)cc1. The van der Waals surface area contributed by atoms with E-state index in [0.717, 1.165) is 30.8 Å². The first kappa shape index (κ1) is 19.4. The molecule has 6 nitrogen and oxygen atoms in total. The average Bonchev–Trinajstić information content (AvgIpc) is 2.55. The molecule has 1 aromatic rings. The minimum Gasteiger partial charge on any atom is -0.491 e. The van der Waals surface area contributed by atoms with Crippen LogP contribution in [0.15, 0.2) is 24.3 Å². The summed E-state index contributed by atoms with van der Waals surface area (Å²) < 4.78 is 16.0. The quantitative estimate of drug-likeness (QED) is 0.796. The Kier molecular flexibility index (Phi) is 6.93. The van der Waals surface area contributed by atoms with E-state index >= 15 is 0 Å². The standard InChI is InChI=1S/C19H30N2O4/c1-19(2,3)25-18(22)21-11-5-6-16(14-21)20-15-7-9-17(10-8-15)24-13-12-23-4/h7-10,16,20H,5-6,11-14H2,1-4H3. The molecule has 25 heavy (non-hydrogen) atoms. The highest BCUT2D eigenvalue weighted by atomic mass is 16.6. The van der Waals surface area contributed by atoms with Gasteiger partial charge in [0.05, 0.1) is 6.61 Å². The second kappa shape index (κ2) is 8.94. The first-order valence-electron chi connectivity index (χ1n) is 8.83. The van der Waals surface area contributed by atoms with Crippen molar-refractivity contribution in [2.24, 2.45) is 0 Å². The topological polar surface area (TPSA) is 60.0 Å². The molecule has 1 N–H and O–H groups in total. The average molecular weight is 350 g/mol. The highest BCUT2D eigenvalue weighted by molar-refractivity contribution is 5.68. The van der Waals surface area contributed by atoms with Gasteiger partial charge in [-0.25, -0.2) is 4.79 Å². The first-order valence-corrected chi connectivity index (χ1v) is 8.83. The summed E-state index contributed by atoms with van der Waals surface area (Å²) in [5, 5.41) is 3.49. The van der Waals surface area contributed by atoms with Crippen LogP contribution in [0.2, 0.25) is 0 Å². The molecule has 0 saturated carbocycles. The molecule has 1 aliphatic heterocycles. The van der Waals surface area contributed by atoms with Crippen LogP contribution in [0.4, 0.5) is 10.5 Å². The number of methoxy groups -OCH3 is 1. The van der Waals surface area contributed by atoms with Gasteiger partial charge in [0, 0.05) is 31.9 Å². The maximum absolute atomic E-state index is 12.2. The number of carbonyl (C=O) groups excluding carboxylic acids is 1. The van der Waals surface area contributed by atoms with E-state index in [4.69, 9.17) is 14.2 Å². The number of amides is 1. The van der Waals surface area contributed by atoms with Crippen molar-refractivity contribution in [3.05, 3.63) is 24.3 Å². The summed E-state index contributed by atoms with van der Waals surface area (Å²) in [6.07, 6.45) is 1.77. The number of ether oxygens (including phenoxy) is 3. The van der Waals surface area contributed by atoms with E-state index in [9.17, 15) is 4.79 Å². The second-order valence-electron chi connectivity index (χ2n) is 7.28. The van der Waals surface area contributed by atoms with Crippen LogP contribution in [0, 0.1) is 0 Å². The molecule has 6 heteroatoms. The van der Waals surface area contributed by atoms with Gasteiger partial charge in [-0.3, -0.25) is 0 Å². The van der Waals surface area contributed by atoms with E-state index in [1.807, 2.05) is 45.0 Å². The number of benzene rings is 1. The number of nitrogens with zero attached hydrogens (tertiary/aromatic N) is 1. The number of piperidine rings is 1. The van der Waals surface area contributed by atoms with Crippen LogP contribution in [0.5, 0.6) is 5.75 Å². The van der Waals surface area contributed by atoms with Gasteiger partial charge in [0.1, 0.15) is 18.0 Å². The van der Waals surface area contributed by atoms with Crippen LogP contribution in [-0.2, 0) is 9.47 Å². The Labute approximate surface area is 150 Å². The molecule has 0 radical (unpaired) electrons. The fraction of sp³-hybridized carbons (Fsp3) is 0.632. The molecule has 1 aliphatic rings. The maximum Gasteiger partial charge on any atom is 0.410 e. The lowest BCUT2D eigenvalue weighted by atomic mass is 10.1. The number of anilines is 1. The first-order chi connectivity index (χ1) is 11.9. The van der Waals surface area contributed by atoms with Crippen molar-refractivity contribution in [3.8, 4) is 5.75 Å². The smallest absolute Gasteiger partial charge is 0.410 e. The van der Waals surface area contributed by atoms with Crippen molar-refractivity contribution in [2.75, 3.05) is 38.7 Å². The largest absolute Gasteiger partial charge is 0.491 e. The van der Waals surface area contributed by atoms with Gasteiger partial charge >= 0.3 is 6.09 Å². The zero-order valence-electron chi connectivity index (χ0n) is 15.7. The third-order valence-corrected chi connectivity index (χ3v) is 3.85. The second-order valence-corrected chi connectivity index (χ2v) is 7.28. The lowest BCUT2D eigenvalue weighted by Crippen LogP contribution is -2.46. The third kappa shape index (κ3) is 6.82. The zero-order chi connectivity index (χ0) is 18.3. The molecule has 1 heterocycles. The minimum atomic E-state index is -0.462. The highest BCUT2D eigenvalue weighted by Crippen LogP contribution is 2.21. The monoisotopic (exact) mass is 350 g/mol. The molecule has 140 valence electrons. The number of rotatable bonds is 6. The lowest BCUT2D eigenvalue weighted by Gasteiger charge is -2.34. The van der Waals surface area contributed by atoms with Crippen LogP contribution >= 0.6 is 0 Å². The Morgan fingerprint density at radius 1 is 1.24 bits per heavy atom. The van der Waals surface area contributed by atoms with E-state index in [-0.39, 0.29) is 12.1 Å². The summed E-state index contributed by atoms with van der Waals surface area (Å²) in [7, 11) is 1.65. The number of carbonyl (C=O) groups is 1. The third-order valence-electron chi connectivity index (χ3n) is 3.85. The van der Waals surface area contributed by atoms with Crippen molar-refractivity contribution >= 4 is 11.8 Å². The van der Waals surface area contributed by atoms with E-state index in [2.05, 4.69) is 5.32 Å². The van der Waals surface area contributed by atoms with Crippen molar-refractivity contribution in [2.45, 2.75) is 45.3 Å². The normalized spacial score (nSPS) is 17.9. The summed E-state index contributed by atoms with van der Waals surface area (Å²) in [4.78, 5) is 14.0. The molecule has 1 aromatic carbocycles. The number of nitrogens with one attached hydrogen (secondary N) is 1. The molecule has 0 aliphatic carbocycles. The number of hydrogen-bond donors (Lipinski definition) is 1. The molecular formula is C19H30N2O4. The number of likely N-dealkylation sites (tertiary alicyclic amines) is 1. The summed E-state index contributed by atoms with van der Waals surface area (Å²) in [6, 6.07) is 8.09. The Balaban J connectivity index is 1.84. The summed E-state index contributed by atoms with van der Waals surface area (Å²) >= 11 is 0. The van der Waals surface area contributed by atoms with E-state index < -0.39 is 5.60 Å². The van der Waals surface area contributed by atoms with Gasteiger partial charge in [0.2, 0.25) is 0 Å². The van der Waals surface area contributed by atoms with E-state index in [1.165, 1.54) is 0 Å². The Bertz CT molecular complexity index is 539. The number of hydrogen-bond acceptors (Lipinski definition) is 5. The molecule has 1 saturated heterocycles. The lowest BCUT2D eigenvalue weighted by molar-refractivity contribution is 0.0206. The summed E-state index contributed by atoms with van der Waals surface area (Å²) in [5.74, 6) is 0.821. The molecule has 1 fully saturated rings. The molecule has 0 aromatic heterocycles. The van der Waals surface area contributed by atoms with Crippen LogP contribution in [0.25, 0.3) is 0 Å². The summed E-state index contributed by atoms with van der Waals surface area (Å²) in [5.41, 5.74) is 0.561. The minimum absolute atomic E-state index is 0.224. The van der Waals surface area contributed by atoms with Crippen LogP contribution in [-0.4, -0.2) is 56.0 Å². The van der Waals surface area contributed by atoms with Crippen molar-refractivity contribution in [1.82, 2.24) is 4.90 Å². The van der Waals surface area contributed by atoms with Gasteiger partial charge in [-0.15, -0.1) is 0 Å². The fourth-order valence-electron chi connectivity index (χ4n) is 2.71. The molecule has 1 atom stereocenters. The fourth-order valence-corrected chi connectivity index (χ4v) is 2.71. The van der Waals surface area contributed by atoms with Crippen molar-refractivity contribution in [1.29, 1.82) is 0 Å². The van der Waals surface area contributed by atoms with Gasteiger partial charge in [-0.1, -0.05) is 0 Å². The van der Waals surface area contributed by atoms with Crippen molar-refractivity contribution < 1.29 is 19.0 Å². The van der Waals surface area contributed by atoms with Gasteiger partial charge in [0.15, 0.2) is 0 Å². The van der Waals surface area contributed by atoms with Gasteiger partial charge in [-0.05, 0) is 57.9 Å². The molecule has 2 rings (SSSR count). The van der Waals surface area contributed by atoms with Gasteiger partial charge < -0.3 is 24.4 Å². The van der Waals surface area contributed by atoms with Crippen LogP contribution < -0.4 is 10.1 Å². The summed E-state index contributed by atoms with van der Waals surface area (Å²) in [6.45, 7) is 8.18. The molecule has 0 spiro atoms. The highest BCUT2D eigenvalue weighted by Gasteiger charge is 2.27. The Morgan fingerprint density at radius 3 is 2.60 bits per heavy atom.